The molecule has 1 aliphatic carbocycles. The second-order valence-electron chi connectivity index (χ2n) is 12.6. The van der Waals surface area contributed by atoms with Crippen molar-refractivity contribution in [2.45, 2.75) is 75.9 Å². The van der Waals surface area contributed by atoms with Gasteiger partial charge in [-0.2, -0.15) is 0 Å². The molecule has 1 aliphatic rings. The molecule has 4 aromatic rings. The van der Waals surface area contributed by atoms with Crippen LogP contribution in [-0.4, -0.2) is 50.9 Å². The summed E-state index contributed by atoms with van der Waals surface area (Å²) in [6.45, 7) is 3.10. The molecular weight excluding hydrogens is 658 g/mol. The largest absolute Gasteiger partial charge is 0.497 e. The predicted molar refractivity (Wildman–Crippen MR) is 194 cm³/mol. The van der Waals surface area contributed by atoms with Crippen LogP contribution in [0.3, 0.4) is 0 Å². The van der Waals surface area contributed by atoms with Crippen molar-refractivity contribution in [1.29, 1.82) is 0 Å². The summed E-state index contributed by atoms with van der Waals surface area (Å²) in [5.74, 6) is -0.189. The smallest absolute Gasteiger partial charge is 0.264 e. The lowest BCUT2D eigenvalue weighted by Crippen LogP contribution is -2.55. The van der Waals surface area contributed by atoms with Crippen LogP contribution >= 0.6 is 11.6 Å². The lowest BCUT2D eigenvalue weighted by molar-refractivity contribution is -0.140. The van der Waals surface area contributed by atoms with Crippen LogP contribution in [-0.2, 0) is 32.6 Å². The number of carbonyl (C=O) groups excluding carboxylic acids is 2. The molecule has 0 heterocycles. The third kappa shape index (κ3) is 9.02. The van der Waals surface area contributed by atoms with Gasteiger partial charge < -0.3 is 15.0 Å². The van der Waals surface area contributed by atoms with Gasteiger partial charge in [-0.3, -0.25) is 13.9 Å². The molecule has 2 amide bonds. The van der Waals surface area contributed by atoms with E-state index in [1.54, 1.807) is 44.4 Å². The topological polar surface area (TPSA) is 96.0 Å². The minimum absolute atomic E-state index is 0.0146. The second-order valence-corrected chi connectivity index (χ2v) is 14.9. The number of halogens is 1. The number of rotatable bonds is 13. The summed E-state index contributed by atoms with van der Waals surface area (Å²) >= 11 is 6.50. The number of amides is 2. The highest BCUT2D eigenvalue weighted by Gasteiger charge is 2.36. The van der Waals surface area contributed by atoms with Gasteiger partial charge in [-0.25, -0.2) is 8.42 Å². The molecule has 0 aromatic heterocycles. The van der Waals surface area contributed by atoms with Crippen molar-refractivity contribution in [2.24, 2.45) is 0 Å². The van der Waals surface area contributed by atoms with Crippen molar-refractivity contribution in [2.75, 3.05) is 18.0 Å². The van der Waals surface area contributed by atoms with E-state index < -0.39 is 28.5 Å². The van der Waals surface area contributed by atoms with Crippen molar-refractivity contribution < 1.29 is 22.7 Å². The molecule has 1 fully saturated rings. The van der Waals surface area contributed by atoms with Gasteiger partial charge in [0.05, 0.1) is 17.7 Å². The van der Waals surface area contributed by atoms with Crippen molar-refractivity contribution in [3.63, 3.8) is 0 Å². The highest BCUT2D eigenvalue weighted by atomic mass is 35.5. The normalized spacial score (nSPS) is 14.1. The first-order valence-corrected chi connectivity index (χ1v) is 18.5. The number of carbonyl (C=O) groups is 2. The SMILES string of the molecule is COc1cccc(CN(C(=O)CN(c2cccc(Cl)c2C)S(=O)(=O)c2ccc(C)cc2)[C@@H](Cc2ccccc2)C(=O)NC2CCCCC2)c1. The van der Waals surface area contributed by atoms with Gasteiger partial charge in [-0.15, -0.1) is 0 Å². The summed E-state index contributed by atoms with van der Waals surface area (Å²) in [4.78, 5) is 30.7. The van der Waals surface area contributed by atoms with Gasteiger partial charge in [0.1, 0.15) is 18.3 Å². The molecule has 0 bridgehead atoms. The maximum Gasteiger partial charge on any atom is 0.264 e. The van der Waals surface area contributed by atoms with E-state index in [1.165, 1.54) is 17.0 Å². The number of benzene rings is 4. The number of ether oxygens (including phenoxy) is 1. The Balaban J connectivity index is 1.59. The Hall–Kier alpha value is -4.34. The maximum atomic E-state index is 14.8. The average Bonchev–Trinajstić information content (AvgIpc) is 3.11. The molecule has 0 radical (unpaired) electrons. The summed E-state index contributed by atoms with van der Waals surface area (Å²) < 4.78 is 35.3. The number of aryl methyl sites for hydroxylation is 1. The molecule has 5 rings (SSSR count). The van der Waals surface area contributed by atoms with Crippen LogP contribution in [0.2, 0.25) is 5.02 Å². The first-order chi connectivity index (χ1) is 23.6. The van der Waals surface area contributed by atoms with Crippen molar-refractivity contribution in [1.82, 2.24) is 10.2 Å². The molecule has 49 heavy (non-hydrogen) atoms. The fourth-order valence-electron chi connectivity index (χ4n) is 6.28. The Labute approximate surface area is 295 Å². The average molecular weight is 702 g/mol. The van der Waals surface area contributed by atoms with Crippen molar-refractivity contribution >= 4 is 39.1 Å². The monoisotopic (exact) mass is 701 g/mol. The van der Waals surface area contributed by atoms with Gasteiger partial charge in [-0.05, 0) is 79.8 Å². The second kappa shape index (κ2) is 16.4. The van der Waals surface area contributed by atoms with Gasteiger partial charge in [0.25, 0.3) is 10.0 Å². The van der Waals surface area contributed by atoms with Gasteiger partial charge in [-0.1, -0.05) is 97.1 Å². The number of hydrogen-bond donors (Lipinski definition) is 1. The number of nitrogens with zero attached hydrogens (tertiary/aromatic N) is 2. The molecule has 258 valence electrons. The minimum Gasteiger partial charge on any atom is -0.497 e. The zero-order valence-electron chi connectivity index (χ0n) is 28.3. The van der Waals surface area contributed by atoms with E-state index in [1.807, 2.05) is 61.5 Å². The van der Waals surface area contributed by atoms with Crippen LogP contribution in [0.25, 0.3) is 0 Å². The van der Waals surface area contributed by atoms with Gasteiger partial charge in [0, 0.05) is 24.0 Å². The van der Waals surface area contributed by atoms with Crippen molar-refractivity contribution in [3.8, 4) is 5.75 Å². The number of anilines is 1. The molecule has 1 atom stereocenters. The van der Waals surface area contributed by atoms with Gasteiger partial charge in [0.2, 0.25) is 11.8 Å². The van der Waals surface area contributed by atoms with E-state index >= 15 is 0 Å². The van der Waals surface area contributed by atoms with E-state index in [0.717, 1.165) is 53.1 Å². The van der Waals surface area contributed by atoms with Crippen LogP contribution in [0.4, 0.5) is 5.69 Å². The van der Waals surface area contributed by atoms with Crippen LogP contribution in [0.1, 0.15) is 54.4 Å². The third-order valence-corrected chi connectivity index (χ3v) is 11.3. The molecule has 10 heteroatoms. The van der Waals surface area contributed by atoms with Crippen LogP contribution in [0.5, 0.6) is 5.75 Å². The van der Waals surface area contributed by atoms with Crippen LogP contribution < -0.4 is 14.4 Å². The summed E-state index contributed by atoms with van der Waals surface area (Å²) in [6.07, 6.45) is 5.20. The molecule has 0 saturated heterocycles. The Morgan fingerprint density at radius 3 is 2.24 bits per heavy atom. The van der Waals surface area contributed by atoms with Gasteiger partial charge in [0.15, 0.2) is 0 Å². The molecule has 8 nitrogen and oxygen atoms in total. The Kier molecular flexibility index (Phi) is 12.0. The van der Waals surface area contributed by atoms with Crippen LogP contribution in [0, 0.1) is 13.8 Å². The number of sulfonamides is 1. The van der Waals surface area contributed by atoms with E-state index in [4.69, 9.17) is 16.3 Å². The first kappa shape index (κ1) is 36.0. The lowest BCUT2D eigenvalue weighted by Gasteiger charge is -2.35. The fourth-order valence-corrected chi connectivity index (χ4v) is 7.92. The van der Waals surface area contributed by atoms with Gasteiger partial charge >= 0.3 is 0 Å². The first-order valence-electron chi connectivity index (χ1n) is 16.7. The molecule has 4 aromatic carbocycles. The summed E-state index contributed by atoms with van der Waals surface area (Å²) in [7, 11) is -2.67. The number of methoxy groups -OCH3 is 1. The maximum absolute atomic E-state index is 14.8. The zero-order valence-corrected chi connectivity index (χ0v) is 29.8. The highest BCUT2D eigenvalue weighted by Crippen LogP contribution is 2.32. The standard InChI is InChI=1S/C39H44ClN3O5S/c1-28-20-22-34(23-21-28)49(46,47)43(36-19-11-18-35(40)29(36)2)27-38(44)42(26-31-14-10-17-33(24-31)48-3)37(25-30-12-6-4-7-13-30)39(45)41-32-15-8-5-9-16-32/h4,6-7,10-14,17-24,32,37H,5,8-9,15-16,25-27H2,1-3H3,(H,41,45)/t37-/m0/s1. The molecule has 0 aliphatic heterocycles. The third-order valence-electron chi connectivity index (χ3n) is 9.11. The van der Waals surface area contributed by atoms with E-state index in [2.05, 4.69) is 5.32 Å². The highest BCUT2D eigenvalue weighted by molar-refractivity contribution is 7.92. The fraction of sp³-hybridized carbons (Fsp3) is 0.333. The van der Waals surface area contributed by atoms with E-state index in [0.29, 0.717) is 16.3 Å². The summed E-state index contributed by atoms with van der Waals surface area (Å²) in [5.41, 5.74) is 3.32. The minimum atomic E-state index is -4.24. The summed E-state index contributed by atoms with van der Waals surface area (Å²) in [6, 6.07) is 27.5. The van der Waals surface area contributed by atoms with E-state index in [-0.39, 0.29) is 35.5 Å². The predicted octanol–water partition coefficient (Wildman–Crippen LogP) is 7.25. The lowest BCUT2D eigenvalue weighted by atomic mass is 9.94. The summed E-state index contributed by atoms with van der Waals surface area (Å²) in [5, 5.41) is 3.61. The number of nitrogens with one attached hydrogen (secondary N) is 1. The Morgan fingerprint density at radius 2 is 1.55 bits per heavy atom. The quantitative estimate of drug-likeness (QED) is 0.159. The molecule has 0 spiro atoms. The molecule has 1 saturated carbocycles. The molecule has 0 unspecified atom stereocenters. The Morgan fingerprint density at radius 1 is 0.878 bits per heavy atom. The number of hydrogen-bond acceptors (Lipinski definition) is 5. The van der Waals surface area contributed by atoms with Crippen LogP contribution in [0.15, 0.2) is 102 Å². The molecule has 1 N–H and O–H groups in total. The van der Waals surface area contributed by atoms with Crippen molar-refractivity contribution in [3.05, 3.63) is 124 Å². The zero-order chi connectivity index (χ0) is 35.0. The Bertz CT molecular complexity index is 1840. The molecular formula is C39H44ClN3O5S. The van der Waals surface area contributed by atoms with E-state index in [9.17, 15) is 18.0 Å².